The van der Waals surface area contributed by atoms with E-state index in [0.29, 0.717) is 18.6 Å². The van der Waals surface area contributed by atoms with Crippen molar-refractivity contribution in [2.24, 2.45) is 0 Å². The molecule has 0 aliphatic heterocycles. The van der Waals surface area contributed by atoms with Crippen molar-refractivity contribution in [2.45, 2.75) is 19.8 Å². The third kappa shape index (κ3) is 3.48. The fourth-order valence-corrected chi connectivity index (χ4v) is 1.38. The second-order valence-electron chi connectivity index (χ2n) is 3.51. The molecule has 17 heavy (non-hydrogen) atoms. The third-order valence-electron chi connectivity index (χ3n) is 2.21. The van der Waals surface area contributed by atoms with Gasteiger partial charge in [-0.3, -0.25) is 4.79 Å². The molecule has 92 valence electrons. The van der Waals surface area contributed by atoms with Gasteiger partial charge in [-0.1, -0.05) is 6.92 Å². The van der Waals surface area contributed by atoms with Crippen LogP contribution < -0.4 is 10.1 Å². The molecule has 0 atom stereocenters. The second kappa shape index (κ2) is 5.89. The predicted molar refractivity (Wildman–Crippen MR) is 63.5 cm³/mol. The molecule has 0 saturated heterocycles. The van der Waals surface area contributed by atoms with Gasteiger partial charge in [-0.25, -0.2) is 4.79 Å². The summed E-state index contributed by atoms with van der Waals surface area (Å²) in [4.78, 5) is 22.4. The highest BCUT2D eigenvalue weighted by molar-refractivity contribution is 6.00. The summed E-state index contributed by atoms with van der Waals surface area (Å²) >= 11 is 0. The van der Waals surface area contributed by atoms with Crippen LogP contribution >= 0.6 is 0 Å². The molecule has 1 aromatic rings. The summed E-state index contributed by atoms with van der Waals surface area (Å²) in [5.74, 6) is -0.855. The highest BCUT2D eigenvalue weighted by atomic mass is 16.5. The Kier molecular flexibility index (Phi) is 4.51. The number of rotatable bonds is 5. The first-order chi connectivity index (χ1) is 8.08. The molecule has 1 rings (SSSR count). The Balaban J connectivity index is 2.98. The van der Waals surface area contributed by atoms with Crippen LogP contribution in [-0.4, -0.2) is 24.1 Å². The lowest BCUT2D eigenvalue weighted by molar-refractivity contribution is -0.116. The van der Waals surface area contributed by atoms with Gasteiger partial charge in [-0.15, -0.1) is 0 Å². The summed E-state index contributed by atoms with van der Waals surface area (Å²) in [7, 11) is 1.45. The van der Waals surface area contributed by atoms with Crippen molar-refractivity contribution in [1.82, 2.24) is 0 Å². The number of carboxylic acids is 1. The van der Waals surface area contributed by atoms with Gasteiger partial charge in [0.25, 0.3) is 0 Å². The minimum absolute atomic E-state index is 0.0220. The zero-order chi connectivity index (χ0) is 12.8. The topological polar surface area (TPSA) is 75.6 Å². The number of ether oxygens (including phenoxy) is 1. The Morgan fingerprint density at radius 2 is 2.12 bits per heavy atom. The molecule has 2 N–H and O–H groups in total. The van der Waals surface area contributed by atoms with Crippen LogP contribution in [0.25, 0.3) is 0 Å². The number of benzene rings is 1. The standard InChI is InChI=1S/C12H15NO4/c1-3-4-11(14)13-10-6-5-8(17-2)7-9(10)12(15)16/h5-7H,3-4H2,1-2H3,(H,13,14)(H,15,16). The monoisotopic (exact) mass is 237 g/mol. The molecule has 5 heteroatoms. The number of aromatic carboxylic acids is 1. The van der Waals surface area contributed by atoms with E-state index in [2.05, 4.69) is 5.32 Å². The number of amides is 1. The molecule has 0 saturated carbocycles. The van der Waals surface area contributed by atoms with Crippen molar-refractivity contribution >= 4 is 17.6 Å². The molecule has 0 aliphatic rings. The molecule has 0 unspecified atom stereocenters. The van der Waals surface area contributed by atoms with Crippen LogP contribution in [0.1, 0.15) is 30.1 Å². The highest BCUT2D eigenvalue weighted by Crippen LogP contribution is 2.22. The van der Waals surface area contributed by atoms with E-state index < -0.39 is 5.97 Å². The molecule has 5 nitrogen and oxygen atoms in total. The van der Waals surface area contributed by atoms with E-state index in [1.165, 1.54) is 19.2 Å². The lowest BCUT2D eigenvalue weighted by Crippen LogP contribution is -2.14. The molecule has 1 amide bonds. The molecule has 0 heterocycles. The fourth-order valence-electron chi connectivity index (χ4n) is 1.38. The number of anilines is 1. The van der Waals surface area contributed by atoms with Gasteiger partial charge < -0.3 is 15.2 Å². The van der Waals surface area contributed by atoms with Crippen LogP contribution in [0, 0.1) is 0 Å². The highest BCUT2D eigenvalue weighted by Gasteiger charge is 2.13. The van der Waals surface area contributed by atoms with E-state index in [0.717, 1.165) is 0 Å². The summed E-state index contributed by atoms with van der Waals surface area (Å²) in [5, 5.41) is 11.6. The molecule has 0 fully saturated rings. The molecular formula is C12H15NO4. The molecular weight excluding hydrogens is 222 g/mol. The van der Waals surface area contributed by atoms with Crippen molar-refractivity contribution in [3.05, 3.63) is 23.8 Å². The zero-order valence-corrected chi connectivity index (χ0v) is 9.82. The van der Waals surface area contributed by atoms with Gasteiger partial charge in [0.2, 0.25) is 5.91 Å². The Hall–Kier alpha value is -2.04. The number of nitrogens with one attached hydrogen (secondary N) is 1. The molecule has 0 radical (unpaired) electrons. The van der Waals surface area contributed by atoms with Gasteiger partial charge in [-0.2, -0.15) is 0 Å². The van der Waals surface area contributed by atoms with Crippen LogP contribution in [0.2, 0.25) is 0 Å². The van der Waals surface area contributed by atoms with Gasteiger partial charge >= 0.3 is 5.97 Å². The number of carboxylic acid groups (broad SMARTS) is 1. The summed E-state index contributed by atoms with van der Waals surface area (Å²) in [6.45, 7) is 1.88. The molecule has 0 aromatic heterocycles. The van der Waals surface area contributed by atoms with E-state index >= 15 is 0 Å². The lowest BCUT2D eigenvalue weighted by Gasteiger charge is -2.09. The van der Waals surface area contributed by atoms with E-state index in [4.69, 9.17) is 9.84 Å². The summed E-state index contributed by atoms with van der Waals surface area (Å²) in [6, 6.07) is 4.51. The normalized spacial score (nSPS) is 9.76. The van der Waals surface area contributed by atoms with Crippen LogP contribution in [0.4, 0.5) is 5.69 Å². The Bertz CT molecular complexity index is 429. The smallest absolute Gasteiger partial charge is 0.337 e. The van der Waals surface area contributed by atoms with Crippen molar-refractivity contribution in [3.63, 3.8) is 0 Å². The minimum Gasteiger partial charge on any atom is -0.497 e. The van der Waals surface area contributed by atoms with E-state index in [9.17, 15) is 9.59 Å². The van der Waals surface area contributed by atoms with Crippen LogP contribution in [-0.2, 0) is 4.79 Å². The van der Waals surface area contributed by atoms with Crippen LogP contribution in [0.3, 0.4) is 0 Å². The first-order valence-electron chi connectivity index (χ1n) is 5.29. The molecule has 0 aliphatic carbocycles. The first kappa shape index (κ1) is 13.0. The first-order valence-corrected chi connectivity index (χ1v) is 5.29. The molecule has 0 bridgehead atoms. The van der Waals surface area contributed by atoms with Gasteiger partial charge in [0.1, 0.15) is 5.75 Å². The number of hydrogen-bond donors (Lipinski definition) is 2. The maximum atomic E-state index is 11.4. The fraction of sp³-hybridized carbons (Fsp3) is 0.333. The minimum atomic E-state index is -1.10. The third-order valence-corrected chi connectivity index (χ3v) is 2.21. The number of methoxy groups -OCH3 is 1. The second-order valence-corrected chi connectivity index (χ2v) is 3.51. The van der Waals surface area contributed by atoms with Gasteiger partial charge in [0, 0.05) is 6.42 Å². The Labute approximate surface area is 99.4 Å². The average Bonchev–Trinajstić information content (AvgIpc) is 2.29. The van der Waals surface area contributed by atoms with E-state index in [1.807, 2.05) is 6.92 Å². The van der Waals surface area contributed by atoms with Gasteiger partial charge in [0.15, 0.2) is 0 Å². The lowest BCUT2D eigenvalue weighted by atomic mass is 10.1. The van der Waals surface area contributed by atoms with Gasteiger partial charge in [0.05, 0.1) is 18.4 Å². The Morgan fingerprint density at radius 1 is 1.41 bits per heavy atom. The SMILES string of the molecule is CCCC(=O)Nc1ccc(OC)cc1C(=O)O. The number of hydrogen-bond acceptors (Lipinski definition) is 3. The summed E-state index contributed by atoms with van der Waals surface area (Å²) < 4.78 is 4.94. The number of carbonyl (C=O) groups excluding carboxylic acids is 1. The van der Waals surface area contributed by atoms with Crippen molar-refractivity contribution < 1.29 is 19.4 Å². The van der Waals surface area contributed by atoms with Crippen LogP contribution in [0.5, 0.6) is 5.75 Å². The van der Waals surface area contributed by atoms with Crippen molar-refractivity contribution in [2.75, 3.05) is 12.4 Å². The number of carbonyl (C=O) groups is 2. The maximum absolute atomic E-state index is 11.4. The maximum Gasteiger partial charge on any atom is 0.337 e. The van der Waals surface area contributed by atoms with Crippen molar-refractivity contribution in [1.29, 1.82) is 0 Å². The summed E-state index contributed by atoms with van der Waals surface area (Å²) in [5.41, 5.74) is 0.311. The molecule has 1 aromatic carbocycles. The van der Waals surface area contributed by atoms with Crippen molar-refractivity contribution in [3.8, 4) is 5.75 Å². The average molecular weight is 237 g/mol. The zero-order valence-electron chi connectivity index (χ0n) is 9.82. The predicted octanol–water partition coefficient (Wildman–Crippen LogP) is 2.13. The Morgan fingerprint density at radius 3 is 2.65 bits per heavy atom. The quantitative estimate of drug-likeness (QED) is 0.822. The van der Waals surface area contributed by atoms with Gasteiger partial charge in [-0.05, 0) is 24.6 Å². The molecule has 0 spiro atoms. The van der Waals surface area contributed by atoms with E-state index in [-0.39, 0.29) is 17.2 Å². The largest absolute Gasteiger partial charge is 0.497 e. The van der Waals surface area contributed by atoms with E-state index in [1.54, 1.807) is 6.07 Å². The summed E-state index contributed by atoms with van der Waals surface area (Å²) in [6.07, 6.45) is 1.08. The van der Waals surface area contributed by atoms with Crippen LogP contribution in [0.15, 0.2) is 18.2 Å².